The minimum atomic E-state index is -0.410. The molecule has 1 aliphatic rings. The van der Waals surface area contributed by atoms with Crippen molar-refractivity contribution in [2.24, 2.45) is 11.8 Å². The number of benzene rings is 1. The van der Waals surface area contributed by atoms with E-state index in [4.69, 9.17) is 4.74 Å². The molecule has 2 unspecified atom stereocenters. The summed E-state index contributed by atoms with van der Waals surface area (Å²) in [5.41, 5.74) is 0.715. The highest BCUT2D eigenvalue weighted by Gasteiger charge is 2.22. The molecule has 1 fully saturated rings. The fourth-order valence-corrected chi connectivity index (χ4v) is 3.01. The van der Waals surface area contributed by atoms with Gasteiger partial charge in [0.1, 0.15) is 5.78 Å². The Morgan fingerprint density at radius 2 is 2.33 bits per heavy atom. The Bertz CT molecular complexity index is 484. The van der Waals surface area contributed by atoms with Crippen LogP contribution in [0.2, 0.25) is 0 Å². The van der Waals surface area contributed by atoms with Gasteiger partial charge in [0, 0.05) is 12.8 Å². The highest BCUT2D eigenvalue weighted by molar-refractivity contribution is 5.81. The summed E-state index contributed by atoms with van der Waals surface area (Å²) in [5.74, 6) is 0.946. The summed E-state index contributed by atoms with van der Waals surface area (Å²) in [6, 6.07) is 4.72. The zero-order chi connectivity index (χ0) is 15.2. The number of hydrogen-bond acceptors (Lipinski definition) is 3. The van der Waals surface area contributed by atoms with Crippen molar-refractivity contribution in [1.29, 1.82) is 0 Å². The van der Waals surface area contributed by atoms with Crippen LogP contribution < -0.4 is 10.1 Å². The number of piperidine rings is 1. The van der Waals surface area contributed by atoms with Crippen molar-refractivity contribution in [3.05, 3.63) is 29.6 Å². The fraction of sp³-hybridized carbons (Fsp3) is 0.588. The van der Waals surface area contributed by atoms with E-state index in [1.807, 2.05) is 0 Å². The largest absolute Gasteiger partial charge is 0.494 e. The maximum Gasteiger partial charge on any atom is 0.165 e. The molecule has 0 bridgehead atoms. The fourth-order valence-electron chi connectivity index (χ4n) is 3.01. The highest BCUT2D eigenvalue weighted by atomic mass is 19.1. The molecule has 1 N–H and O–H groups in total. The standard InChI is InChI=1S/C17H24FNO2/c1-12(14-4-3-7-19-11-14)8-15(20)9-13-5-6-17(21-2)16(18)10-13/h5-6,10,12,14,19H,3-4,7-9,11H2,1-2H3. The van der Waals surface area contributed by atoms with E-state index in [-0.39, 0.29) is 11.5 Å². The second kappa shape index (κ2) is 7.55. The van der Waals surface area contributed by atoms with Crippen molar-refractivity contribution in [3.63, 3.8) is 0 Å². The molecule has 2 atom stereocenters. The molecule has 4 heteroatoms. The van der Waals surface area contributed by atoms with Crippen LogP contribution in [-0.4, -0.2) is 26.0 Å². The van der Waals surface area contributed by atoms with Gasteiger partial charge >= 0.3 is 0 Å². The van der Waals surface area contributed by atoms with Gasteiger partial charge in [-0.2, -0.15) is 0 Å². The first-order valence-corrected chi connectivity index (χ1v) is 7.65. The number of hydrogen-bond donors (Lipinski definition) is 1. The maximum atomic E-state index is 13.6. The summed E-state index contributed by atoms with van der Waals surface area (Å²) in [6.07, 6.45) is 3.25. The molecule has 21 heavy (non-hydrogen) atoms. The molecule has 1 aliphatic heterocycles. The number of nitrogens with one attached hydrogen (secondary N) is 1. The van der Waals surface area contributed by atoms with Crippen molar-refractivity contribution in [3.8, 4) is 5.75 Å². The van der Waals surface area contributed by atoms with Gasteiger partial charge < -0.3 is 10.1 Å². The van der Waals surface area contributed by atoms with Crippen LogP contribution in [-0.2, 0) is 11.2 Å². The van der Waals surface area contributed by atoms with Gasteiger partial charge in [0.2, 0.25) is 0 Å². The minimum absolute atomic E-state index is 0.178. The van der Waals surface area contributed by atoms with Crippen LogP contribution in [0.15, 0.2) is 18.2 Å². The summed E-state index contributed by atoms with van der Waals surface area (Å²) in [4.78, 5) is 12.2. The Balaban J connectivity index is 1.87. The van der Waals surface area contributed by atoms with E-state index in [1.54, 1.807) is 12.1 Å². The van der Waals surface area contributed by atoms with Crippen LogP contribution in [0.25, 0.3) is 0 Å². The summed E-state index contributed by atoms with van der Waals surface area (Å²) in [6.45, 7) is 4.23. The normalized spacial score (nSPS) is 20.0. The third-order valence-electron chi connectivity index (χ3n) is 4.31. The van der Waals surface area contributed by atoms with Crippen LogP contribution in [0.1, 0.15) is 31.7 Å². The molecule has 0 spiro atoms. The van der Waals surface area contributed by atoms with Gasteiger partial charge in [-0.25, -0.2) is 4.39 Å². The first-order chi connectivity index (χ1) is 10.1. The zero-order valence-electron chi connectivity index (χ0n) is 12.8. The zero-order valence-corrected chi connectivity index (χ0v) is 12.8. The van der Waals surface area contributed by atoms with E-state index in [0.717, 1.165) is 13.1 Å². The Hall–Kier alpha value is -1.42. The molecule has 116 valence electrons. The molecule has 1 aromatic rings. The van der Waals surface area contributed by atoms with Crippen LogP contribution in [0.4, 0.5) is 4.39 Å². The number of methoxy groups -OCH3 is 1. The predicted octanol–water partition coefficient (Wildman–Crippen LogP) is 2.97. The van der Waals surface area contributed by atoms with Crippen LogP contribution in [0.5, 0.6) is 5.75 Å². The number of ether oxygens (including phenoxy) is 1. The maximum absolute atomic E-state index is 13.6. The number of halogens is 1. The van der Waals surface area contributed by atoms with Crippen molar-refractivity contribution >= 4 is 5.78 Å². The quantitative estimate of drug-likeness (QED) is 0.876. The summed E-state index contributed by atoms with van der Waals surface area (Å²) in [7, 11) is 1.43. The van der Waals surface area contributed by atoms with Crippen molar-refractivity contribution in [1.82, 2.24) is 5.32 Å². The van der Waals surface area contributed by atoms with Crippen LogP contribution >= 0.6 is 0 Å². The third-order valence-corrected chi connectivity index (χ3v) is 4.31. The van der Waals surface area contributed by atoms with Gasteiger partial charge in [0.05, 0.1) is 7.11 Å². The van der Waals surface area contributed by atoms with E-state index in [9.17, 15) is 9.18 Å². The highest BCUT2D eigenvalue weighted by Crippen LogP contribution is 2.24. The number of carbonyl (C=O) groups is 1. The second-order valence-corrected chi connectivity index (χ2v) is 5.97. The number of rotatable bonds is 6. The average Bonchev–Trinajstić information content (AvgIpc) is 2.48. The van der Waals surface area contributed by atoms with E-state index in [0.29, 0.717) is 30.2 Å². The van der Waals surface area contributed by atoms with E-state index >= 15 is 0 Å². The van der Waals surface area contributed by atoms with Crippen molar-refractivity contribution in [2.45, 2.75) is 32.6 Å². The molecule has 0 amide bonds. The number of carbonyl (C=O) groups excluding carboxylic acids is 1. The van der Waals surface area contributed by atoms with E-state index in [2.05, 4.69) is 12.2 Å². The molecule has 1 heterocycles. The predicted molar refractivity (Wildman–Crippen MR) is 81.0 cm³/mol. The molecule has 0 radical (unpaired) electrons. The summed E-state index contributed by atoms with van der Waals surface area (Å²) in [5, 5.41) is 3.38. The topological polar surface area (TPSA) is 38.3 Å². The molecular weight excluding hydrogens is 269 g/mol. The molecule has 0 aliphatic carbocycles. The van der Waals surface area contributed by atoms with Crippen LogP contribution in [0.3, 0.4) is 0 Å². The molecule has 1 saturated heterocycles. The van der Waals surface area contributed by atoms with Crippen molar-refractivity contribution < 1.29 is 13.9 Å². The van der Waals surface area contributed by atoms with E-state index in [1.165, 1.54) is 26.0 Å². The average molecular weight is 293 g/mol. The molecule has 3 nitrogen and oxygen atoms in total. The summed E-state index contributed by atoms with van der Waals surface area (Å²) >= 11 is 0. The van der Waals surface area contributed by atoms with Crippen LogP contribution in [0, 0.1) is 17.7 Å². The number of ketones is 1. The van der Waals surface area contributed by atoms with Crippen molar-refractivity contribution in [2.75, 3.05) is 20.2 Å². The summed E-state index contributed by atoms with van der Waals surface area (Å²) < 4.78 is 18.5. The first kappa shape index (κ1) is 16.0. The first-order valence-electron chi connectivity index (χ1n) is 7.65. The second-order valence-electron chi connectivity index (χ2n) is 5.97. The van der Waals surface area contributed by atoms with Gasteiger partial charge in [-0.05, 0) is 55.5 Å². The Morgan fingerprint density at radius 1 is 1.52 bits per heavy atom. The molecule has 0 saturated carbocycles. The lowest BCUT2D eigenvalue weighted by molar-refractivity contribution is -0.119. The Morgan fingerprint density at radius 3 is 2.95 bits per heavy atom. The smallest absolute Gasteiger partial charge is 0.165 e. The Kier molecular flexibility index (Phi) is 5.74. The molecular formula is C17H24FNO2. The molecule has 1 aromatic carbocycles. The Labute approximate surface area is 125 Å². The van der Waals surface area contributed by atoms with Gasteiger partial charge in [0.15, 0.2) is 11.6 Å². The SMILES string of the molecule is COc1ccc(CC(=O)CC(C)C2CCCNC2)cc1F. The minimum Gasteiger partial charge on any atom is -0.494 e. The lowest BCUT2D eigenvalue weighted by Gasteiger charge is -2.28. The number of Topliss-reactive ketones (excluding diaryl/α,β-unsaturated/α-hetero) is 1. The van der Waals surface area contributed by atoms with Gasteiger partial charge in [-0.15, -0.1) is 0 Å². The monoisotopic (exact) mass is 293 g/mol. The van der Waals surface area contributed by atoms with Gasteiger partial charge in [-0.3, -0.25) is 4.79 Å². The van der Waals surface area contributed by atoms with Gasteiger partial charge in [-0.1, -0.05) is 13.0 Å². The lowest BCUT2D eigenvalue weighted by Crippen LogP contribution is -2.34. The molecule has 2 rings (SSSR count). The lowest BCUT2D eigenvalue weighted by atomic mass is 9.83. The third kappa shape index (κ3) is 4.53. The molecule has 0 aromatic heterocycles. The van der Waals surface area contributed by atoms with Gasteiger partial charge in [0.25, 0.3) is 0 Å². The van der Waals surface area contributed by atoms with E-state index < -0.39 is 5.82 Å².